The first-order valence-corrected chi connectivity index (χ1v) is 5.49. The van der Waals surface area contributed by atoms with E-state index in [1.807, 2.05) is 7.05 Å². The zero-order valence-electron chi connectivity index (χ0n) is 9.75. The van der Waals surface area contributed by atoms with Gasteiger partial charge in [0, 0.05) is 7.11 Å². The molecule has 3 heteroatoms. The number of hydrogen-bond acceptors (Lipinski definition) is 3. The van der Waals surface area contributed by atoms with E-state index in [1.165, 1.54) is 0 Å². The van der Waals surface area contributed by atoms with Crippen LogP contribution in [0, 0.1) is 11.8 Å². The van der Waals surface area contributed by atoms with E-state index in [1.54, 1.807) is 7.11 Å². The molecule has 1 aliphatic heterocycles. The van der Waals surface area contributed by atoms with E-state index in [4.69, 9.17) is 9.47 Å². The van der Waals surface area contributed by atoms with Crippen LogP contribution in [0.15, 0.2) is 0 Å². The molecule has 1 rings (SSSR count). The van der Waals surface area contributed by atoms with Crippen molar-refractivity contribution in [2.75, 3.05) is 27.3 Å². The maximum Gasteiger partial charge on any atom is 0.0841 e. The third-order valence-electron chi connectivity index (χ3n) is 3.36. The van der Waals surface area contributed by atoms with E-state index < -0.39 is 0 Å². The molecule has 4 unspecified atom stereocenters. The summed E-state index contributed by atoms with van der Waals surface area (Å²) in [6.45, 7) is 6.29. The summed E-state index contributed by atoms with van der Waals surface area (Å²) in [7, 11) is 3.72. The molecule has 0 aromatic heterocycles. The molecule has 0 spiro atoms. The summed E-state index contributed by atoms with van der Waals surface area (Å²) >= 11 is 0. The second-order valence-corrected chi connectivity index (χ2v) is 4.28. The van der Waals surface area contributed by atoms with Crippen LogP contribution in [-0.2, 0) is 9.47 Å². The summed E-state index contributed by atoms with van der Waals surface area (Å²) in [6.07, 6.45) is 1.79. The monoisotopic (exact) mass is 201 g/mol. The largest absolute Gasteiger partial charge is 0.382 e. The molecule has 1 saturated heterocycles. The minimum atomic E-state index is 0.289. The van der Waals surface area contributed by atoms with Crippen molar-refractivity contribution in [2.24, 2.45) is 11.8 Å². The van der Waals surface area contributed by atoms with Gasteiger partial charge in [0.1, 0.15) is 0 Å². The summed E-state index contributed by atoms with van der Waals surface area (Å²) in [5.41, 5.74) is 0. The molecule has 4 atom stereocenters. The maximum atomic E-state index is 5.96. The molecule has 1 fully saturated rings. The first-order chi connectivity index (χ1) is 6.70. The van der Waals surface area contributed by atoms with Crippen molar-refractivity contribution >= 4 is 0 Å². The van der Waals surface area contributed by atoms with Crippen molar-refractivity contribution in [1.29, 1.82) is 0 Å². The van der Waals surface area contributed by atoms with Crippen LogP contribution in [-0.4, -0.2) is 39.5 Å². The Morgan fingerprint density at radius 3 is 2.43 bits per heavy atom. The minimum absolute atomic E-state index is 0.289. The Balaban J connectivity index is 2.40. The van der Waals surface area contributed by atoms with Crippen molar-refractivity contribution in [3.8, 4) is 0 Å². The molecule has 0 saturated carbocycles. The van der Waals surface area contributed by atoms with E-state index in [-0.39, 0.29) is 6.10 Å². The fourth-order valence-corrected chi connectivity index (χ4v) is 2.12. The first kappa shape index (κ1) is 12.0. The highest BCUT2D eigenvalue weighted by Gasteiger charge is 2.38. The van der Waals surface area contributed by atoms with Crippen LogP contribution >= 0.6 is 0 Å². The molecular weight excluding hydrogens is 178 g/mol. The van der Waals surface area contributed by atoms with Gasteiger partial charge >= 0.3 is 0 Å². The van der Waals surface area contributed by atoms with Crippen molar-refractivity contribution in [3.63, 3.8) is 0 Å². The summed E-state index contributed by atoms with van der Waals surface area (Å²) in [4.78, 5) is 0. The average molecular weight is 201 g/mol. The Morgan fingerprint density at radius 1 is 1.21 bits per heavy atom. The molecule has 84 valence electrons. The highest BCUT2D eigenvalue weighted by Crippen LogP contribution is 2.33. The van der Waals surface area contributed by atoms with Gasteiger partial charge in [0.15, 0.2) is 0 Å². The van der Waals surface area contributed by atoms with Gasteiger partial charge in [-0.15, -0.1) is 0 Å². The lowest BCUT2D eigenvalue weighted by Crippen LogP contribution is -2.21. The predicted octanol–water partition coefficient (Wildman–Crippen LogP) is 1.28. The quantitative estimate of drug-likeness (QED) is 0.727. The van der Waals surface area contributed by atoms with Crippen LogP contribution in [0.4, 0.5) is 0 Å². The van der Waals surface area contributed by atoms with Gasteiger partial charge in [0.25, 0.3) is 0 Å². The minimum Gasteiger partial charge on any atom is -0.382 e. The van der Waals surface area contributed by atoms with Crippen molar-refractivity contribution in [1.82, 2.24) is 5.32 Å². The van der Waals surface area contributed by atoms with Crippen LogP contribution in [0.3, 0.4) is 0 Å². The Kier molecular flexibility index (Phi) is 4.85. The molecule has 1 heterocycles. The lowest BCUT2D eigenvalue weighted by atomic mass is 9.89. The molecule has 0 amide bonds. The molecule has 0 aliphatic carbocycles. The van der Waals surface area contributed by atoms with E-state index in [9.17, 15) is 0 Å². The average Bonchev–Trinajstić information content (AvgIpc) is 2.44. The molecule has 1 aliphatic rings. The number of hydrogen-bond donors (Lipinski definition) is 1. The van der Waals surface area contributed by atoms with Crippen molar-refractivity contribution < 1.29 is 9.47 Å². The Labute approximate surface area is 87.2 Å². The van der Waals surface area contributed by atoms with E-state index in [0.29, 0.717) is 17.9 Å². The molecule has 0 aromatic carbocycles. The predicted molar refractivity (Wildman–Crippen MR) is 57.4 cm³/mol. The lowest BCUT2D eigenvalue weighted by molar-refractivity contribution is -0.0157. The van der Waals surface area contributed by atoms with Crippen LogP contribution in [0.1, 0.15) is 20.3 Å². The summed E-state index contributed by atoms with van der Waals surface area (Å²) in [6, 6.07) is 0. The van der Waals surface area contributed by atoms with Gasteiger partial charge in [-0.25, -0.2) is 0 Å². The molecule has 1 N–H and O–H groups in total. The van der Waals surface area contributed by atoms with Gasteiger partial charge in [-0.3, -0.25) is 0 Å². The van der Waals surface area contributed by atoms with E-state index in [2.05, 4.69) is 19.2 Å². The Hall–Kier alpha value is -0.120. The smallest absolute Gasteiger partial charge is 0.0841 e. The van der Waals surface area contributed by atoms with Crippen molar-refractivity contribution in [3.05, 3.63) is 0 Å². The summed E-state index contributed by atoms with van der Waals surface area (Å²) < 4.78 is 11.1. The highest BCUT2D eigenvalue weighted by molar-refractivity contribution is 4.85. The Morgan fingerprint density at radius 2 is 1.86 bits per heavy atom. The van der Waals surface area contributed by atoms with Gasteiger partial charge < -0.3 is 14.8 Å². The fraction of sp³-hybridized carbons (Fsp3) is 1.00. The normalized spacial score (nSPS) is 37.7. The first-order valence-electron chi connectivity index (χ1n) is 5.49. The number of nitrogens with one attached hydrogen (secondary N) is 1. The molecule has 0 bridgehead atoms. The van der Waals surface area contributed by atoms with E-state index >= 15 is 0 Å². The number of ether oxygens (including phenoxy) is 2. The molecule has 3 nitrogen and oxygen atoms in total. The zero-order chi connectivity index (χ0) is 10.6. The second kappa shape index (κ2) is 5.69. The molecule has 14 heavy (non-hydrogen) atoms. The third kappa shape index (κ3) is 2.69. The van der Waals surface area contributed by atoms with E-state index in [0.717, 1.165) is 19.6 Å². The summed E-state index contributed by atoms with van der Waals surface area (Å²) in [5.74, 6) is 1.25. The van der Waals surface area contributed by atoms with Gasteiger partial charge in [-0.2, -0.15) is 0 Å². The van der Waals surface area contributed by atoms with Crippen LogP contribution in [0.2, 0.25) is 0 Å². The maximum absolute atomic E-state index is 5.96. The molecule has 0 radical (unpaired) electrons. The van der Waals surface area contributed by atoms with Crippen LogP contribution < -0.4 is 5.32 Å². The fourth-order valence-electron chi connectivity index (χ4n) is 2.12. The topological polar surface area (TPSA) is 30.5 Å². The van der Waals surface area contributed by atoms with Gasteiger partial charge in [-0.05, 0) is 31.8 Å². The number of rotatable bonds is 5. The van der Waals surface area contributed by atoms with Crippen LogP contribution in [0.25, 0.3) is 0 Å². The standard InChI is InChI=1S/C11H23NO2/c1-8-9(2)11(7-13-4)14-10(8)5-6-12-3/h8-12H,5-7H2,1-4H3. The van der Waals surface area contributed by atoms with Gasteiger partial charge in [-0.1, -0.05) is 13.8 Å². The SMILES string of the molecule is CNCCC1OC(COC)C(C)C1C. The van der Waals surface area contributed by atoms with Gasteiger partial charge in [0.2, 0.25) is 0 Å². The summed E-state index contributed by atoms with van der Waals surface area (Å²) in [5, 5.41) is 3.17. The third-order valence-corrected chi connectivity index (χ3v) is 3.36. The Bertz CT molecular complexity index is 163. The van der Waals surface area contributed by atoms with Crippen molar-refractivity contribution in [2.45, 2.75) is 32.5 Å². The van der Waals surface area contributed by atoms with Gasteiger partial charge in [0.05, 0.1) is 18.8 Å². The molecule has 0 aromatic rings. The number of methoxy groups -OCH3 is 1. The highest BCUT2D eigenvalue weighted by atomic mass is 16.5. The second-order valence-electron chi connectivity index (χ2n) is 4.28. The lowest BCUT2D eigenvalue weighted by Gasteiger charge is -2.15. The zero-order valence-corrected chi connectivity index (χ0v) is 9.75. The van der Waals surface area contributed by atoms with Crippen LogP contribution in [0.5, 0.6) is 0 Å². The molecular formula is C11H23NO2.